The van der Waals surface area contributed by atoms with Gasteiger partial charge in [-0.1, -0.05) is 25.1 Å². The maximum absolute atomic E-state index is 9.94. The Morgan fingerprint density at radius 3 is 2.55 bits per heavy atom. The van der Waals surface area contributed by atoms with E-state index in [4.69, 9.17) is 0 Å². The van der Waals surface area contributed by atoms with E-state index in [0.717, 1.165) is 17.7 Å². The van der Waals surface area contributed by atoms with Crippen molar-refractivity contribution in [3.05, 3.63) is 53.1 Å². The van der Waals surface area contributed by atoms with Crippen molar-refractivity contribution in [1.82, 2.24) is 0 Å². The second-order valence-electron chi connectivity index (χ2n) is 5.07. The van der Waals surface area contributed by atoms with Crippen LogP contribution in [0.2, 0.25) is 0 Å². The Morgan fingerprint density at radius 1 is 1.15 bits per heavy atom. The summed E-state index contributed by atoms with van der Waals surface area (Å²) in [5.41, 5.74) is 4.34. The van der Waals surface area contributed by atoms with Gasteiger partial charge in [0.2, 0.25) is 0 Å². The van der Waals surface area contributed by atoms with E-state index in [1.165, 1.54) is 17.2 Å². The van der Waals surface area contributed by atoms with Crippen molar-refractivity contribution in [1.29, 1.82) is 0 Å². The van der Waals surface area contributed by atoms with Crippen LogP contribution >= 0.6 is 0 Å². The second kappa shape index (κ2) is 5.87. The molecule has 0 aliphatic carbocycles. The molecule has 0 aromatic heterocycles. The largest absolute Gasteiger partial charge is 0.508 e. The van der Waals surface area contributed by atoms with Gasteiger partial charge in [-0.3, -0.25) is 0 Å². The molecule has 2 aromatic carbocycles. The Morgan fingerprint density at radius 2 is 1.90 bits per heavy atom. The number of phenolic OH excluding ortho intramolecular Hbond substituents is 2. The predicted molar refractivity (Wildman–Crippen MR) is 82.4 cm³/mol. The van der Waals surface area contributed by atoms with E-state index in [1.54, 1.807) is 12.1 Å². The van der Waals surface area contributed by atoms with Gasteiger partial charge >= 0.3 is 0 Å². The van der Waals surface area contributed by atoms with Crippen LogP contribution in [-0.2, 0) is 6.42 Å². The first-order chi connectivity index (χ1) is 9.52. The van der Waals surface area contributed by atoms with E-state index in [1.807, 2.05) is 6.92 Å². The van der Waals surface area contributed by atoms with Crippen molar-refractivity contribution in [2.24, 2.45) is 0 Å². The fourth-order valence-electron chi connectivity index (χ4n) is 2.42. The van der Waals surface area contributed by atoms with Crippen LogP contribution in [0.3, 0.4) is 0 Å². The topological polar surface area (TPSA) is 52.5 Å². The summed E-state index contributed by atoms with van der Waals surface area (Å²) in [6, 6.07) is 10.9. The highest BCUT2D eigenvalue weighted by atomic mass is 16.3. The van der Waals surface area contributed by atoms with E-state index in [2.05, 4.69) is 37.4 Å². The summed E-state index contributed by atoms with van der Waals surface area (Å²) in [5.74, 6) is 0.181. The van der Waals surface area contributed by atoms with Gasteiger partial charge in [-0.15, -0.1) is 0 Å². The average molecular weight is 271 g/mol. The maximum Gasteiger partial charge on any atom is 0.124 e. The number of para-hydroxylation sites is 1. The standard InChI is InChI=1S/C17H21NO2/c1-4-13-7-5-6-11(2)17(13)18-12(3)15-9-8-14(19)10-16(15)20/h5-10,12,18-20H,4H2,1-3H3. The normalized spacial score (nSPS) is 12.2. The third kappa shape index (κ3) is 2.87. The van der Waals surface area contributed by atoms with E-state index in [0.29, 0.717) is 0 Å². The summed E-state index contributed by atoms with van der Waals surface area (Å²) in [6.45, 7) is 6.20. The maximum atomic E-state index is 9.94. The zero-order chi connectivity index (χ0) is 14.7. The Balaban J connectivity index is 2.30. The molecule has 3 heteroatoms. The monoisotopic (exact) mass is 271 g/mol. The molecule has 3 N–H and O–H groups in total. The molecule has 0 bridgehead atoms. The van der Waals surface area contributed by atoms with Gasteiger partial charge in [0.1, 0.15) is 11.5 Å². The van der Waals surface area contributed by atoms with Gasteiger partial charge in [-0.05, 0) is 43.5 Å². The third-order valence-corrected chi connectivity index (χ3v) is 3.58. The van der Waals surface area contributed by atoms with Gasteiger partial charge in [0.15, 0.2) is 0 Å². The molecule has 0 heterocycles. The molecule has 0 saturated carbocycles. The van der Waals surface area contributed by atoms with Crippen LogP contribution in [0.25, 0.3) is 0 Å². The van der Waals surface area contributed by atoms with Gasteiger partial charge in [0, 0.05) is 17.3 Å². The van der Waals surface area contributed by atoms with Gasteiger partial charge in [-0.25, -0.2) is 0 Å². The van der Waals surface area contributed by atoms with Crippen LogP contribution in [-0.4, -0.2) is 10.2 Å². The average Bonchev–Trinajstić information content (AvgIpc) is 2.40. The molecule has 0 saturated heterocycles. The van der Waals surface area contributed by atoms with E-state index in [9.17, 15) is 10.2 Å². The molecule has 0 fully saturated rings. The van der Waals surface area contributed by atoms with Crippen LogP contribution in [0.1, 0.15) is 36.6 Å². The Labute approximate surface area is 119 Å². The molecule has 1 atom stereocenters. The number of hydrogen-bond acceptors (Lipinski definition) is 3. The number of aryl methyl sites for hydroxylation is 2. The molecule has 0 aliphatic heterocycles. The van der Waals surface area contributed by atoms with E-state index < -0.39 is 0 Å². The molecule has 0 amide bonds. The highest BCUT2D eigenvalue weighted by molar-refractivity contribution is 5.59. The molecular weight excluding hydrogens is 250 g/mol. The van der Waals surface area contributed by atoms with Crippen LogP contribution in [0.5, 0.6) is 11.5 Å². The zero-order valence-corrected chi connectivity index (χ0v) is 12.1. The highest BCUT2D eigenvalue weighted by Gasteiger charge is 2.13. The van der Waals surface area contributed by atoms with Crippen molar-refractivity contribution in [2.45, 2.75) is 33.2 Å². The summed E-state index contributed by atoms with van der Waals surface area (Å²) in [4.78, 5) is 0. The predicted octanol–water partition coefficient (Wildman–Crippen LogP) is 4.14. The minimum atomic E-state index is -0.0398. The number of nitrogens with one attached hydrogen (secondary N) is 1. The summed E-state index contributed by atoms with van der Waals surface area (Å²) in [5, 5.41) is 22.8. The number of rotatable bonds is 4. The molecule has 20 heavy (non-hydrogen) atoms. The second-order valence-corrected chi connectivity index (χ2v) is 5.07. The number of aromatic hydroxyl groups is 2. The van der Waals surface area contributed by atoms with Crippen LogP contribution in [0.4, 0.5) is 5.69 Å². The molecule has 2 rings (SSSR count). The third-order valence-electron chi connectivity index (χ3n) is 3.58. The van der Waals surface area contributed by atoms with Crippen molar-refractivity contribution < 1.29 is 10.2 Å². The Hall–Kier alpha value is -2.16. The smallest absolute Gasteiger partial charge is 0.124 e. The van der Waals surface area contributed by atoms with Gasteiger partial charge in [-0.2, -0.15) is 0 Å². The van der Waals surface area contributed by atoms with Gasteiger partial charge in [0.25, 0.3) is 0 Å². The first-order valence-electron chi connectivity index (χ1n) is 6.89. The lowest BCUT2D eigenvalue weighted by atomic mass is 10.0. The molecule has 0 radical (unpaired) electrons. The fourth-order valence-corrected chi connectivity index (χ4v) is 2.42. The molecule has 0 aliphatic rings. The quantitative estimate of drug-likeness (QED) is 0.783. The molecule has 106 valence electrons. The Bertz CT molecular complexity index is 608. The molecule has 2 aromatic rings. The van der Waals surface area contributed by atoms with E-state index >= 15 is 0 Å². The minimum absolute atomic E-state index is 0.0398. The van der Waals surface area contributed by atoms with Crippen LogP contribution in [0.15, 0.2) is 36.4 Å². The number of anilines is 1. The van der Waals surface area contributed by atoms with Crippen molar-refractivity contribution in [3.8, 4) is 11.5 Å². The summed E-state index contributed by atoms with van der Waals surface area (Å²) < 4.78 is 0. The number of phenols is 2. The molecule has 3 nitrogen and oxygen atoms in total. The Kier molecular flexibility index (Phi) is 4.18. The lowest BCUT2D eigenvalue weighted by Gasteiger charge is -2.21. The first-order valence-corrected chi connectivity index (χ1v) is 6.89. The molecular formula is C17H21NO2. The number of benzene rings is 2. The summed E-state index contributed by atoms with van der Waals surface area (Å²) in [7, 11) is 0. The summed E-state index contributed by atoms with van der Waals surface area (Å²) >= 11 is 0. The first kappa shape index (κ1) is 14.3. The van der Waals surface area contributed by atoms with Crippen LogP contribution in [0, 0.1) is 6.92 Å². The van der Waals surface area contributed by atoms with Crippen LogP contribution < -0.4 is 5.32 Å². The van der Waals surface area contributed by atoms with E-state index in [-0.39, 0.29) is 17.5 Å². The lowest BCUT2D eigenvalue weighted by molar-refractivity contribution is 0.444. The van der Waals surface area contributed by atoms with Gasteiger partial charge < -0.3 is 15.5 Å². The fraction of sp³-hybridized carbons (Fsp3) is 0.294. The minimum Gasteiger partial charge on any atom is -0.508 e. The molecule has 1 unspecified atom stereocenters. The SMILES string of the molecule is CCc1cccc(C)c1NC(C)c1ccc(O)cc1O. The van der Waals surface area contributed by atoms with Crippen molar-refractivity contribution in [2.75, 3.05) is 5.32 Å². The van der Waals surface area contributed by atoms with Crippen molar-refractivity contribution in [3.63, 3.8) is 0 Å². The molecule has 0 spiro atoms. The number of hydrogen-bond donors (Lipinski definition) is 3. The lowest BCUT2D eigenvalue weighted by Crippen LogP contribution is -2.09. The zero-order valence-electron chi connectivity index (χ0n) is 12.1. The van der Waals surface area contributed by atoms with Gasteiger partial charge in [0.05, 0.1) is 6.04 Å². The van der Waals surface area contributed by atoms with Crippen molar-refractivity contribution >= 4 is 5.69 Å². The highest BCUT2D eigenvalue weighted by Crippen LogP contribution is 2.32. The summed E-state index contributed by atoms with van der Waals surface area (Å²) in [6.07, 6.45) is 0.957.